The molecule has 2 rings (SSSR count). The largest absolute Gasteiger partial charge is 0.371 e. The van der Waals surface area contributed by atoms with Crippen LogP contribution in [0.4, 0.5) is 0 Å². The molecule has 0 spiro atoms. The number of nitrogens with two attached hydrogens (primary N) is 1. The number of imidazole rings is 1. The van der Waals surface area contributed by atoms with Crippen LogP contribution in [0.25, 0.3) is 11.0 Å². The Morgan fingerprint density at radius 2 is 2.12 bits per heavy atom. The van der Waals surface area contributed by atoms with E-state index in [4.69, 9.17) is 10.5 Å². The van der Waals surface area contributed by atoms with Crippen molar-refractivity contribution < 1.29 is 4.74 Å². The zero-order valence-electron chi connectivity index (χ0n) is 10.8. The normalized spacial score (nSPS) is 12.3. The van der Waals surface area contributed by atoms with Crippen LogP contribution in [-0.4, -0.2) is 16.7 Å². The number of methoxy groups -OCH3 is 1. The van der Waals surface area contributed by atoms with Gasteiger partial charge in [0.05, 0.1) is 11.0 Å². The van der Waals surface area contributed by atoms with E-state index in [1.807, 2.05) is 33.0 Å². The number of hydrogen-bond acceptors (Lipinski definition) is 3. The molecule has 0 saturated carbocycles. The first-order valence-electron chi connectivity index (χ1n) is 5.70. The molecular formula is C13H19N3O. The molecular weight excluding hydrogens is 214 g/mol. The fourth-order valence-electron chi connectivity index (χ4n) is 2.00. The van der Waals surface area contributed by atoms with Crippen molar-refractivity contribution in [3.63, 3.8) is 0 Å². The Hall–Kier alpha value is -1.39. The SMILES string of the molecule is COC(C)(C)c1nc2cc(CN)ccc2n1C. The number of benzene rings is 1. The van der Waals surface area contributed by atoms with Gasteiger partial charge in [0.2, 0.25) is 0 Å². The van der Waals surface area contributed by atoms with Gasteiger partial charge in [-0.25, -0.2) is 4.98 Å². The Morgan fingerprint density at radius 3 is 2.71 bits per heavy atom. The first kappa shape index (κ1) is 12.1. The molecule has 0 aliphatic rings. The van der Waals surface area contributed by atoms with E-state index < -0.39 is 5.60 Å². The molecule has 0 aliphatic carbocycles. The van der Waals surface area contributed by atoms with Gasteiger partial charge in [-0.1, -0.05) is 6.07 Å². The Kier molecular flexibility index (Phi) is 2.93. The van der Waals surface area contributed by atoms with Gasteiger partial charge in [-0.05, 0) is 31.5 Å². The summed E-state index contributed by atoms with van der Waals surface area (Å²) in [6.45, 7) is 4.56. The minimum atomic E-state index is -0.392. The lowest BCUT2D eigenvalue weighted by atomic mass is 10.1. The first-order chi connectivity index (χ1) is 7.99. The third kappa shape index (κ3) is 1.94. The molecule has 0 unspecified atom stereocenters. The van der Waals surface area contributed by atoms with E-state index in [0.717, 1.165) is 22.4 Å². The average molecular weight is 233 g/mol. The molecule has 92 valence electrons. The highest BCUT2D eigenvalue weighted by Gasteiger charge is 2.25. The summed E-state index contributed by atoms with van der Waals surface area (Å²) >= 11 is 0. The Balaban J connectivity index is 2.64. The van der Waals surface area contributed by atoms with Crippen molar-refractivity contribution in [1.29, 1.82) is 0 Å². The molecule has 0 radical (unpaired) electrons. The fourth-order valence-corrected chi connectivity index (χ4v) is 2.00. The highest BCUT2D eigenvalue weighted by atomic mass is 16.5. The second kappa shape index (κ2) is 4.13. The van der Waals surface area contributed by atoms with Crippen molar-refractivity contribution >= 4 is 11.0 Å². The second-order valence-corrected chi connectivity index (χ2v) is 4.74. The van der Waals surface area contributed by atoms with E-state index in [1.54, 1.807) is 7.11 Å². The van der Waals surface area contributed by atoms with Crippen molar-refractivity contribution in [1.82, 2.24) is 9.55 Å². The third-order valence-electron chi connectivity index (χ3n) is 3.23. The topological polar surface area (TPSA) is 53.1 Å². The smallest absolute Gasteiger partial charge is 0.141 e. The molecule has 2 aromatic rings. The number of rotatable bonds is 3. The van der Waals surface area contributed by atoms with Crippen LogP contribution in [0, 0.1) is 0 Å². The lowest BCUT2D eigenvalue weighted by molar-refractivity contribution is 0.00967. The highest BCUT2D eigenvalue weighted by molar-refractivity contribution is 5.77. The molecule has 1 aromatic carbocycles. The van der Waals surface area contributed by atoms with Gasteiger partial charge in [0.1, 0.15) is 11.4 Å². The van der Waals surface area contributed by atoms with Gasteiger partial charge in [-0.3, -0.25) is 0 Å². The molecule has 2 N–H and O–H groups in total. The molecule has 4 nitrogen and oxygen atoms in total. The number of hydrogen-bond donors (Lipinski definition) is 1. The maximum Gasteiger partial charge on any atom is 0.141 e. The monoisotopic (exact) mass is 233 g/mol. The van der Waals surface area contributed by atoms with Crippen molar-refractivity contribution in [2.75, 3.05) is 7.11 Å². The molecule has 1 aromatic heterocycles. The van der Waals surface area contributed by atoms with Gasteiger partial charge in [0.15, 0.2) is 0 Å². The summed E-state index contributed by atoms with van der Waals surface area (Å²) in [5.74, 6) is 0.921. The number of nitrogens with zero attached hydrogens (tertiary/aromatic N) is 2. The predicted molar refractivity (Wildman–Crippen MR) is 68.6 cm³/mol. The van der Waals surface area contributed by atoms with Crippen molar-refractivity contribution in [3.05, 3.63) is 29.6 Å². The molecule has 0 aliphatic heterocycles. The summed E-state index contributed by atoms with van der Waals surface area (Å²) in [5, 5.41) is 0. The van der Waals surface area contributed by atoms with E-state index in [2.05, 4.69) is 15.6 Å². The summed E-state index contributed by atoms with van der Waals surface area (Å²) in [4.78, 5) is 4.65. The molecule has 0 fully saturated rings. The number of fused-ring (bicyclic) bond motifs is 1. The Morgan fingerprint density at radius 1 is 1.41 bits per heavy atom. The lowest BCUT2D eigenvalue weighted by Gasteiger charge is -2.22. The number of ether oxygens (including phenoxy) is 1. The molecule has 17 heavy (non-hydrogen) atoms. The van der Waals surface area contributed by atoms with Crippen LogP contribution in [-0.2, 0) is 23.9 Å². The van der Waals surface area contributed by atoms with E-state index in [0.29, 0.717) is 6.54 Å². The molecule has 1 heterocycles. The van der Waals surface area contributed by atoms with Crippen molar-refractivity contribution in [2.45, 2.75) is 26.0 Å². The fraction of sp³-hybridized carbons (Fsp3) is 0.462. The highest BCUT2D eigenvalue weighted by Crippen LogP contribution is 2.26. The van der Waals surface area contributed by atoms with Crippen LogP contribution in [0.5, 0.6) is 0 Å². The van der Waals surface area contributed by atoms with Crippen LogP contribution in [0.3, 0.4) is 0 Å². The van der Waals surface area contributed by atoms with Gasteiger partial charge in [0.25, 0.3) is 0 Å². The van der Waals surface area contributed by atoms with Crippen LogP contribution in [0.15, 0.2) is 18.2 Å². The summed E-state index contributed by atoms with van der Waals surface area (Å²) in [6.07, 6.45) is 0. The predicted octanol–water partition coefficient (Wildman–Crippen LogP) is 1.91. The van der Waals surface area contributed by atoms with E-state index in [1.165, 1.54) is 0 Å². The minimum absolute atomic E-state index is 0.392. The van der Waals surface area contributed by atoms with E-state index in [-0.39, 0.29) is 0 Å². The standard InChI is InChI=1S/C13H19N3O/c1-13(2,17-4)12-15-10-7-9(8-14)5-6-11(10)16(12)3/h5-7H,8,14H2,1-4H3. The third-order valence-corrected chi connectivity index (χ3v) is 3.23. The maximum atomic E-state index is 5.64. The maximum absolute atomic E-state index is 5.64. The average Bonchev–Trinajstić information content (AvgIpc) is 2.67. The summed E-state index contributed by atoms with van der Waals surface area (Å²) < 4.78 is 7.55. The van der Waals surface area contributed by atoms with Gasteiger partial charge >= 0.3 is 0 Å². The van der Waals surface area contributed by atoms with Gasteiger partial charge < -0.3 is 15.0 Å². The van der Waals surface area contributed by atoms with E-state index >= 15 is 0 Å². The van der Waals surface area contributed by atoms with Gasteiger partial charge in [0, 0.05) is 20.7 Å². The van der Waals surface area contributed by atoms with Gasteiger partial charge in [-0.15, -0.1) is 0 Å². The summed E-state index contributed by atoms with van der Waals surface area (Å²) in [6, 6.07) is 6.12. The summed E-state index contributed by atoms with van der Waals surface area (Å²) in [5.41, 5.74) is 8.41. The van der Waals surface area contributed by atoms with Gasteiger partial charge in [-0.2, -0.15) is 0 Å². The van der Waals surface area contributed by atoms with Crippen molar-refractivity contribution in [3.8, 4) is 0 Å². The molecule has 4 heteroatoms. The second-order valence-electron chi connectivity index (χ2n) is 4.74. The zero-order chi connectivity index (χ0) is 12.6. The molecule has 0 atom stereocenters. The number of aryl methyl sites for hydroxylation is 1. The quantitative estimate of drug-likeness (QED) is 0.881. The van der Waals surface area contributed by atoms with E-state index in [9.17, 15) is 0 Å². The molecule has 0 amide bonds. The van der Waals surface area contributed by atoms with Crippen LogP contribution in [0.1, 0.15) is 25.2 Å². The first-order valence-corrected chi connectivity index (χ1v) is 5.70. The van der Waals surface area contributed by atoms with Crippen LogP contribution >= 0.6 is 0 Å². The lowest BCUT2D eigenvalue weighted by Crippen LogP contribution is -2.23. The summed E-state index contributed by atoms with van der Waals surface area (Å²) in [7, 11) is 3.71. The molecule has 0 saturated heterocycles. The molecule has 0 bridgehead atoms. The number of aromatic nitrogens is 2. The Bertz CT molecular complexity index is 543. The van der Waals surface area contributed by atoms with Crippen LogP contribution < -0.4 is 5.73 Å². The zero-order valence-corrected chi connectivity index (χ0v) is 10.8. The Labute approximate surface area is 101 Å². The van der Waals surface area contributed by atoms with Crippen molar-refractivity contribution in [2.24, 2.45) is 12.8 Å². The minimum Gasteiger partial charge on any atom is -0.371 e. The van der Waals surface area contributed by atoms with Crippen LogP contribution in [0.2, 0.25) is 0 Å².